The molecule has 0 spiro atoms. The molecule has 0 aliphatic carbocycles. The van der Waals surface area contributed by atoms with E-state index in [2.05, 4.69) is 24.5 Å². The van der Waals surface area contributed by atoms with Crippen molar-refractivity contribution in [2.24, 2.45) is 0 Å². The maximum absolute atomic E-state index is 13.0. The van der Waals surface area contributed by atoms with Crippen molar-refractivity contribution in [2.45, 2.75) is 32.9 Å². The molecule has 1 aromatic carbocycles. The molecule has 1 N–H and O–H groups in total. The number of hydrogen-bond donors (Lipinski definition) is 1. The molecule has 1 aliphatic rings. The Balaban J connectivity index is 1.85. The highest BCUT2D eigenvalue weighted by Gasteiger charge is 2.23. The Morgan fingerprint density at radius 1 is 1.42 bits per heavy atom. The van der Waals surface area contributed by atoms with Crippen LogP contribution in [0.4, 0.5) is 5.69 Å². The van der Waals surface area contributed by atoms with E-state index in [1.54, 1.807) is 29.5 Å². The first-order valence-corrected chi connectivity index (χ1v) is 8.91. The summed E-state index contributed by atoms with van der Waals surface area (Å²) in [6, 6.07) is 7.34. The second kappa shape index (κ2) is 7.05. The Morgan fingerprint density at radius 2 is 2.25 bits per heavy atom. The lowest BCUT2D eigenvalue weighted by molar-refractivity contribution is -0.118. The van der Waals surface area contributed by atoms with Crippen LogP contribution in [0, 0.1) is 0 Å². The van der Waals surface area contributed by atoms with Crippen LogP contribution in [-0.2, 0) is 11.3 Å². The Morgan fingerprint density at radius 3 is 2.96 bits per heavy atom. The first-order chi connectivity index (χ1) is 11.6. The molecule has 24 heavy (non-hydrogen) atoms. The molecule has 2 heterocycles. The Hall–Kier alpha value is -2.34. The molecule has 3 rings (SSSR count). The zero-order chi connectivity index (χ0) is 17.1. The number of carbonyl (C=O) groups is 2. The van der Waals surface area contributed by atoms with E-state index in [4.69, 9.17) is 4.74 Å². The van der Waals surface area contributed by atoms with Crippen LogP contribution in [-0.4, -0.2) is 29.4 Å². The fourth-order valence-electron chi connectivity index (χ4n) is 2.60. The van der Waals surface area contributed by atoms with Gasteiger partial charge < -0.3 is 15.0 Å². The Bertz CT molecular complexity index is 743. The summed E-state index contributed by atoms with van der Waals surface area (Å²) in [5.74, 6) is 0.333. The van der Waals surface area contributed by atoms with E-state index in [0.717, 1.165) is 12.0 Å². The summed E-state index contributed by atoms with van der Waals surface area (Å²) in [6.07, 6.45) is 0.882. The zero-order valence-corrected chi connectivity index (χ0v) is 14.6. The maximum atomic E-state index is 13.0. The molecule has 0 saturated carbocycles. The molecule has 1 aromatic heterocycles. The molecule has 2 aromatic rings. The number of amides is 2. The normalized spacial score (nSPS) is 14.3. The van der Waals surface area contributed by atoms with Gasteiger partial charge in [0.1, 0.15) is 5.75 Å². The number of nitrogens with zero attached hydrogens (tertiary/aromatic N) is 1. The second-order valence-electron chi connectivity index (χ2n) is 5.87. The molecule has 1 atom stereocenters. The van der Waals surface area contributed by atoms with E-state index in [9.17, 15) is 9.59 Å². The highest BCUT2D eigenvalue weighted by atomic mass is 32.1. The van der Waals surface area contributed by atoms with Crippen LogP contribution in [0.5, 0.6) is 5.75 Å². The van der Waals surface area contributed by atoms with Gasteiger partial charge in [-0.15, -0.1) is 0 Å². The van der Waals surface area contributed by atoms with Gasteiger partial charge in [0.05, 0.1) is 5.69 Å². The molecule has 126 valence electrons. The summed E-state index contributed by atoms with van der Waals surface area (Å²) in [5.41, 5.74) is 2.31. The van der Waals surface area contributed by atoms with Gasteiger partial charge in [-0.25, -0.2) is 0 Å². The molecule has 2 amide bonds. The summed E-state index contributed by atoms with van der Waals surface area (Å²) in [5, 5.41) is 6.82. The number of benzene rings is 1. The zero-order valence-electron chi connectivity index (χ0n) is 13.7. The molecular weight excluding hydrogens is 324 g/mol. The molecule has 5 nitrogen and oxygen atoms in total. The minimum absolute atomic E-state index is 0.0192. The number of rotatable bonds is 5. The highest BCUT2D eigenvalue weighted by Crippen LogP contribution is 2.29. The van der Waals surface area contributed by atoms with Crippen LogP contribution in [0.3, 0.4) is 0 Å². The van der Waals surface area contributed by atoms with Crippen molar-refractivity contribution in [2.75, 3.05) is 11.9 Å². The number of nitrogens with one attached hydrogen (secondary N) is 1. The predicted octanol–water partition coefficient (Wildman–Crippen LogP) is 3.52. The number of fused-ring (bicyclic) bond motifs is 1. The minimum atomic E-state index is -0.180. The molecule has 0 unspecified atom stereocenters. The van der Waals surface area contributed by atoms with Gasteiger partial charge in [0.2, 0.25) is 0 Å². The lowest BCUT2D eigenvalue weighted by Gasteiger charge is -2.29. The van der Waals surface area contributed by atoms with Crippen LogP contribution in [0.25, 0.3) is 0 Å². The first-order valence-electron chi connectivity index (χ1n) is 7.97. The number of ether oxygens (including phenoxy) is 1. The monoisotopic (exact) mass is 344 g/mol. The summed E-state index contributed by atoms with van der Waals surface area (Å²) >= 11 is 1.63. The van der Waals surface area contributed by atoms with Crippen molar-refractivity contribution < 1.29 is 14.3 Å². The highest BCUT2D eigenvalue weighted by molar-refractivity contribution is 7.07. The van der Waals surface area contributed by atoms with Gasteiger partial charge in [0.15, 0.2) is 6.61 Å². The van der Waals surface area contributed by atoms with E-state index >= 15 is 0 Å². The van der Waals surface area contributed by atoms with Gasteiger partial charge >= 0.3 is 0 Å². The van der Waals surface area contributed by atoms with Crippen molar-refractivity contribution in [3.05, 3.63) is 46.2 Å². The van der Waals surface area contributed by atoms with Crippen molar-refractivity contribution in [1.29, 1.82) is 0 Å². The number of hydrogen-bond acceptors (Lipinski definition) is 4. The average Bonchev–Trinajstić information content (AvgIpc) is 3.11. The topological polar surface area (TPSA) is 58.6 Å². The van der Waals surface area contributed by atoms with Crippen molar-refractivity contribution in [3.63, 3.8) is 0 Å². The van der Waals surface area contributed by atoms with E-state index in [-0.39, 0.29) is 24.5 Å². The SMILES string of the molecule is CC[C@@H](C)N(Cc1ccsc1)C(=O)c1ccc2c(c1)OCC(=O)N2. The number of anilines is 1. The smallest absolute Gasteiger partial charge is 0.262 e. The Labute approximate surface area is 145 Å². The summed E-state index contributed by atoms with van der Waals surface area (Å²) in [7, 11) is 0. The molecule has 6 heteroatoms. The molecular formula is C18H20N2O3S. The third-order valence-corrected chi connectivity index (χ3v) is 4.91. The lowest BCUT2D eigenvalue weighted by Crippen LogP contribution is -2.37. The third kappa shape index (κ3) is 3.43. The molecule has 0 bridgehead atoms. The largest absolute Gasteiger partial charge is 0.482 e. The molecule has 0 fully saturated rings. The fraction of sp³-hybridized carbons (Fsp3) is 0.333. The van der Waals surface area contributed by atoms with Crippen LogP contribution >= 0.6 is 11.3 Å². The Kier molecular flexibility index (Phi) is 4.85. The summed E-state index contributed by atoms with van der Waals surface area (Å²) < 4.78 is 5.42. The van der Waals surface area contributed by atoms with Gasteiger partial charge in [-0.2, -0.15) is 11.3 Å². The first kappa shape index (κ1) is 16.5. The molecule has 1 aliphatic heterocycles. The van der Waals surface area contributed by atoms with Crippen LogP contribution in [0.1, 0.15) is 36.2 Å². The maximum Gasteiger partial charge on any atom is 0.262 e. The van der Waals surface area contributed by atoms with Gasteiger partial charge in [-0.05, 0) is 53.9 Å². The van der Waals surface area contributed by atoms with Crippen LogP contribution in [0.15, 0.2) is 35.0 Å². The number of carbonyl (C=O) groups excluding carboxylic acids is 2. The summed E-state index contributed by atoms with van der Waals surface area (Å²) in [4.78, 5) is 26.2. The van der Waals surface area contributed by atoms with E-state index in [0.29, 0.717) is 23.5 Å². The molecule has 0 saturated heterocycles. The van der Waals surface area contributed by atoms with Gasteiger partial charge in [0, 0.05) is 18.2 Å². The standard InChI is InChI=1S/C18H20N2O3S/c1-3-12(2)20(9-13-6-7-24-11-13)18(22)14-4-5-15-16(8-14)23-10-17(21)19-15/h4-8,11-12H,3,9-10H2,1-2H3,(H,19,21)/t12-/m1/s1. The average molecular weight is 344 g/mol. The van der Waals surface area contributed by atoms with Gasteiger partial charge in [-0.1, -0.05) is 6.92 Å². The van der Waals surface area contributed by atoms with Crippen molar-refractivity contribution in [3.8, 4) is 5.75 Å². The van der Waals surface area contributed by atoms with E-state index in [1.165, 1.54) is 0 Å². The second-order valence-corrected chi connectivity index (χ2v) is 6.65. The van der Waals surface area contributed by atoms with Crippen LogP contribution < -0.4 is 10.1 Å². The third-order valence-electron chi connectivity index (χ3n) is 4.18. The van der Waals surface area contributed by atoms with E-state index < -0.39 is 0 Å². The molecule has 0 radical (unpaired) electrons. The van der Waals surface area contributed by atoms with Crippen molar-refractivity contribution >= 4 is 28.8 Å². The van der Waals surface area contributed by atoms with E-state index in [1.807, 2.05) is 16.3 Å². The summed E-state index contributed by atoms with van der Waals surface area (Å²) in [6.45, 7) is 4.70. The predicted molar refractivity (Wildman–Crippen MR) is 94.5 cm³/mol. The quantitative estimate of drug-likeness (QED) is 0.903. The number of thiophene rings is 1. The van der Waals surface area contributed by atoms with Gasteiger partial charge in [0.25, 0.3) is 11.8 Å². The minimum Gasteiger partial charge on any atom is -0.482 e. The fourth-order valence-corrected chi connectivity index (χ4v) is 3.26. The van der Waals surface area contributed by atoms with Crippen molar-refractivity contribution in [1.82, 2.24) is 4.90 Å². The van der Waals surface area contributed by atoms with Gasteiger partial charge in [-0.3, -0.25) is 9.59 Å². The lowest BCUT2D eigenvalue weighted by atomic mass is 10.1. The van der Waals surface area contributed by atoms with Crippen LogP contribution in [0.2, 0.25) is 0 Å².